The van der Waals surface area contributed by atoms with Gasteiger partial charge in [-0.1, -0.05) is 30.7 Å². The highest BCUT2D eigenvalue weighted by molar-refractivity contribution is 7.92. The maximum Gasteiger partial charge on any atom is 0.232 e. The molecule has 0 unspecified atom stereocenters. The number of aromatic amines is 1. The zero-order valence-corrected chi connectivity index (χ0v) is 18.9. The predicted molar refractivity (Wildman–Crippen MR) is 124 cm³/mol. The van der Waals surface area contributed by atoms with Crippen molar-refractivity contribution in [2.24, 2.45) is 0 Å². The van der Waals surface area contributed by atoms with Crippen LogP contribution in [0.3, 0.4) is 0 Å². The summed E-state index contributed by atoms with van der Waals surface area (Å²) in [7, 11) is -3.84. The number of aromatic nitrogens is 2. The number of carbonyl (C=O) groups is 1. The molecule has 170 valence electrons. The fraction of sp³-hybridized carbons (Fsp3) is 0.130. The number of nitrogens with one attached hydrogen (secondary N) is 2. The minimum atomic E-state index is -3.84. The maximum absolute atomic E-state index is 15.1. The number of ketones is 1. The van der Waals surface area contributed by atoms with E-state index in [4.69, 9.17) is 11.6 Å². The lowest BCUT2D eigenvalue weighted by molar-refractivity contribution is 0.103. The normalized spacial score (nSPS) is 11.6. The summed E-state index contributed by atoms with van der Waals surface area (Å²) in [6.45, 7) is 1.65. The quantitative estimate of drug-likeness (QED) is 0.329. The molecule has 0 aliphatic carbocycles. The summed E-state index contributed by atoms with van der Waals surface area (Å²) in [5.74, 6) is -3.57. The molecule has 33 heavy (non-hydrogen) atoms. The second-order valence-electron chi connectivity index (χ2n) is 7.36. The Hall–Kier alpha value is -3.30. The van der Waals surface area contributed by atoms with Gasteiger partial charge in [0.1, 0.15) is 11.5 Å². The van der Waals surface area contributed by atoms with Gasteiger partial charge < -0.3 is 4.98 Å². The Kier molecular flexibility index (Phi) is 6.18. The van der Waals surface area contributed by atoms with Gasteiger partial charge in [-0.15, -0.1) is 0 Å². The number of hydrogen-bond donors (Lipinski definition) is 2. The molecular weight excluding hydrogens is 478 g/mol. The number of fused-ring (bicyclic) bond motifs is 1. The standard InChI is InChI=1S/C23H18ClF2N3O3S/c1-2-9-33(31,32)29-19-8-7-18(25)20(21(19)26)22(30)17-12-28-23-16(17)10-14(11-27-23)13-3-5-15(24)6-4-13/h3-8,10-12,29H,2,9H2,1H3,(H,27,28)/i3+1,4+1,5+1,6+1,13+1,15+1. The second kappa shape index (κ2) is 8.92. The van der Waals surface area contributed by atoms with E-state index in [2.05, 4.69) is 14.7 Å². The SMILES string of the molecule is CCCS(=O)(=O)Nc1ccc(F)c(C(=O)c2c[nH]c3ncc(-[13c]4[13cH][13cH][13c](Cl)[13cH][13cH]4)cc23)c1F. The fourth-order valence-electron chi connectivity index (χ4n) is 3.45. The summed E-state index contributed by atoms with van der Waals surface area (Å²) in [5, 5.41) is 0.925. The first kappa shape index (κ1) is 22.9. The van der Waals surface area contributed by atoms with Crippen molar-refractivity contribution in [2.45, 2.75) is 13.3 Å². The van der Waals surface area contributed by atoms with Gasteiger partial charge in [-0.05, 0) is 42.3 Å². The molecule has 2 N–H and O–H groups in total. The van der Waals surface area contributed by atoms with Crippen LogP contribution in [0.15, 0.2) is 54.9 Å². The monoisotopic (exact) mass is 495 g/mol. The van der Waals surface area contributed by atoms with Crippen molar-refractivity contribution < 1.29 is 22.0 Å². The molecule has 0 aliphatic heterocycles. The lowest BCUT2D eigenvalue weighted by Gasteiger charge is -2.11. The van der Waals surface area contributed by atoms with Crippen molar-refractivity contribution in [3.63, 3.8) is 0 Å². The second-order valence-corrected chi connectivity index (χ2v) is 9.64. The van der Waals surface area contributed by atoms with Crippen LogP contribution in [0.25, 0.3) is 22.2 Å². The molecule has 0 amide bonds. The van der Waals surface area contributed by atoms with Crippen LogP contribution in [0, 0.1) is 11.6 Å². The third-order valence-electron chi connectivity index (χ3n) is 5.01. The van der Waals surface area contributed by atoms with Gasteiger partial charge in [0.2, 0.25) is 15.8 Å². The van der Waals surface area contributed by atoms with Crippen molar-refractivity contribution in [1.82, 2.24) is 9.97 Å². The molecule has 0 fully saturated rings. The minimum Gasteiger partial charge on any atom is -0.345 e. The molecule has 2 heterocycles. The number of rotatable bonds is 7. The van der Waals surface area contributed by atoms with Crippen molar-refractivity contribution >= 4 is 44.1 Å². The number of benzene rings is 2. The smallest absolute Gasteiger partial charge is 0.232 e. The van der Waals surface area contributed by atoms with Gasteiger partial charge >= 0.3 is 0 Å². The predicted octanol–water partition coefficient (Wildman–Crippen LogP) is 5.54. The van der Waals surface area contributed by atoms with E-state index >= 15 is 4.39 Å². The summed E-state index contributed by atoms with van der Waals surface area (Å²) >= 11 is 5.93. The zero-order valence-electron chi connectivity index (χ0n) is 17.3. The summed E-state index contributed by atoms with van der Waals surface area (Å²) < 4.78 is 55.8. The molecule has 10 heteroatoms. The van der Waals surface area contributed by atoms with E-state index in [9.17, 15) is 17.6 Å². The lowest BCUT2D eigenvalue weighted by Crippen LogP contribution is -2.18. The van der Waals surface area contributed by atoms with E-state index in [-0.39, 0.29) is 11.3 Å². The molecule has 6 nitrogen and oxygen atoms in total. The summed E-state index contributed by atoms with van der Waals surface area (Å²) in [6, 6.07) is 10.5. The molecule has 4 aromatic rings. The van der Waals surface area contributed by atoms with Crippen LogP contribution in [0.4, 0.5) is 14.5 Å². The molecule has 0 saturated carbocycles. The van der Waals surface area contributed by atoms with Gasteiger partial charge in [-0.25, -0.2) is 22.2 Å². The van der Waals surface area contributed by atoms with E-state index in [1.165, 1.54) is 6.20 Å². The van der Waals surface area contributed by atoms with Crippen LogP contribution in [-0.4, -0.2) is 29.9 Å². The Balaban J connectivity index is 1.78. The topological polar surface area (TPSA) is 91.9 Å². The Labute approximate surface area is 193 Å². The summed E-state index contributed by atoms with van der Waals surface area (Å²) in [5.41, 5.74) is 0.474. The molecule has 0 aliphatic rings. The number of sulfonamides is 1. The number of nitrogens with zero attached hydrogens (tertiary/aromatic N) is 1. The van der Waals surface area contributed by atoms with Crippen LogP contribution < -0.4 is 4.72 Å². The number of carbonyl (C=O) groups excluding carboxylic acids is 1. The van der Waals surface area contributed by atoms with E-state index in [1.807, 2.05) is 0 Å². The zero-order chi connectivity index (χ0) is 23.8. The molecule has 0 radical (unpaired) electrons. The molecule has 0 atom stereocenters. The van der Waals surface area contributed by atoms with Crippen LogP contribution >= 0.6 is 11.6 Å². The number of anilines is 1. The Morgan fingerprint density at radius 3 is 2.55 bits per heavy atom. The highest BCUT2D eigenvalue weighted by atomic mass is 35.5. The molecule has 0 bridgehead atoms. The molecule has 2 aromatic heterocycles. The van der Waals surface area contributed by atoms with Gasteiger partial charge in [-0.2, -0.15) is 0 Å². The molecule has 2 aromatic carbocycles. The highest BCUT2D eigenvalue weighted by Crippen LogP contribution is 2.30. The number of hydrogen-bond acceptors (Lipinski definition) is 4. The van der Waals surface area contributed by atoms with Crippen molar-refractivity contribution in [3.05, 3.63) is 82.6 Å². The summed E-state index contributed by atoms with van der Waals surface area (Å²) in [6.07, 6.45) is 3.22. The average molecular weight is 496 g/mol. The number of halogens is 3. The average Bonchev–Trinajstić information content (AvgIpc) is 3.19. The highest BCUT2D eigenvalue weighted by Gasteiger charge is 2.26. The fourth-order valence-corrected chi connectivity index (χ4v) is 4.71. The molecular formula is C23H18ClF2N3O3S. The van der Waals surface area contributed by atoms with Crippen LogP contribution in [0.5, 0.6) is 0 Å². The maximum atomic E-state index is 15.1. The Morgan fingerprint density at radius 1 is 1.12 bits per heavy atom. The van der Waals surface area contributed by atoms with Crippen molar-refractivity contribution in [3.8, 4) is 11.1 Å². The largest absolute Gasteiger partial charge is 0.345 e. The van der Waals surface area contributed by atoms with Gasteiger partial charge in [-0.3, -0.25) is 9.52 Å². The van der Waals surface area contributed by atoms with Crippen molar-refractivity contribution in [2.75, 3.05) is 10.5 Å². The lowest BCUT2D eigenvalue weighted by atomic mass is 10.0. The summed E-state index contributed by atoms with van der Waals surface area (Å²) in [4.78, 5) is 20.3. The first-order chi connectivity index (χ1) is 15.7. The van der Waals surface area contributed by atoms with Crippen LogP contribution in [0.1, 0.15) is 29.3 Å². The molecule has 4 rings (SSSR count). The minimum absolute atomic E-state index is 0.000297. The first-order valence-electron chi connectivity index (χ1n) is 9.96. The Bertz CT molecular complexity index is 1470. The third-order valence-corrected chi connectivity index (χ3v) is 6.74. The van der Waals surface area contributed by atoms with Gasteiger partial charge in [0.05, 0.1) is 17.0 Å². The first-order valence-corrected chi connectivity index (χ1v) is 12.0. The molecule has 0 spiro atoms. The third kappa shape index (κ3) is 4.60. The number of pyridine rings is 1. The van der Waals surface area contributed by atoms with Gasteiger partial charge in [0.25, 0.3) is 0 Å². The Morgan fingerprint density at radius 2 is 1.85 bits per heavy atom. The van der Waals surface area contributed by atoms with E-state index in [0.717, 1.165) is 17.7 Å². The van der Waals surface area contributed by atoms with E-state index < -0.39 is 38.7 Å². The van der Waals surface area contributed by atoms with E-state index in [1.54, 1.807) is 43.5 Å². The number of H-pyrrole nitrogens is 1. The molecule has 0 saturated heterocycles. The van der Waals surface area contributed by atoms with Crippen LogP contribution in [0.2, 0.25) is 5.02 Å². The van der Waals surface area contributed by atoms with Crippen LogP contribution in [-0.2, 0) is 10.0 Å². The van der Waals surface area contributed by atoms with Gasteiger partial charge in [0.15, 0.2) is 5.82 Å². The van der Waals surface area contributed by atoms with E-state index in [0.29, 0.717) is 28.0 Å². The van der Waals surface area contributed by atoms with Crippen molar-refractivity contribution in [1.29, 1.82) is 0 Å². The van der Waals surface area contributed by atoms with Gasteiger partial charge in [0, 0.05) is 33.9 Å².